The van der Waals surface area contributed by atoms with Crippen LogP contribution in [0.15, 0.2) is 35.5 Å². The second kappa shape index (κ2) is 5.55. The lowest BCUT2D eigenvalue weighted by atomic mass is 9.93. The van der Waals surface area contributed by atoms with Gasteiger partial charge in [0.1, 0.15) is 0 Å². The number of piperidine rings is 1. The molecule has 3 heterocycles. The maximum Gasteiger partial charge on any atom is 0.0626 e. The van der Waals surface area contributed by atoms with Crippen molar-refractivity contribution < 1.29 is 0 Å². The molecule has 4 aliphatic rings. The minimum Gasteiger partial charge on any atom is -0.292 e. The highest BCUT2D eigenvalue weighted by molar-refractivity contribution is 5.57. The number of hydrazine groups is 2. The predicted octanol–water partition coefficient (Wildman–Crippen LogP) is 4.12. The molecule has 1 aliphatic carbocycles. The maximum absolute atomic E-state index is 2.64. The summed E-state index contributed by atoms with van der Waals surface area (Å²) < 4.78 is 0. The zero-order valence-electron chi connectivity index (χ0n) is 14.0. The summed E-state index contributed by atoms with van der Waals surface area (Å²) in [5, 5.41) is 7.79. The molecular formula is C20H27N3. The normalized spacial score (nSPS) is 25.4. The van der Waals surface area contributed by atoms with Crippen molar-refractivity contribution in [1.29, 1.82) is 0 Å². The summed E-state index contributed by atoms with van der Waals surface area (Å²) in [6, 6.07) is 8.98. The summed E-state index contributed by atoms with van der Waals surface area (Å²) >= 11 is 0. The van der Waals surface area contributed by atoms with Crippen molar-refractivity contribution in [1.82, 2.24) is 10.1 Å². The molecule has 2 fully saturated rings. The fourth-order valence-corrected chi connectivity index (χ4v) is 5.14. The number of hydrogen-bond donors (Lipinski definition) is 0. The SMILES string of the molecule is c1ccc2c(c1)CCN2N1CC(C2CCCC2)=C2CCCCN21. The highest BCUT2D eigenvalue weighted by Gasteiger charge is 2.39. The number of allylic oxidation sites excluding steroid dienone is 1. The Morgan fingerprint density at radius 1 is 0.826 bits per heavy atom. The first-order valence-corrected chi connectivity index (χ1v) is 9.54. The monoisotopic (exact) mass is 309 g/mol. The van der Waals surface area contributed by atoms with Crippen LogP contribution >= 0.6 is 0 Å². The lowest BCUT2D eigenvalue weighted by molar-refractivity contribution is 0.0138. The smallest absolute Gasteiger partial charge is 0.0626 e. The molecule has 0 bridgehead atoms. The molecule has 1 saturated carbocycles. The molecule has 3 aliphatic heterocycles. The van der Waals surface area contributed by atoms with Gasteiger partial charge in [-0.15, -0.1) is 5.12 Å². The van der Waals surface area contributed by atoms with E-state index in [2.05, 4.69) is 39.4 Å². The summed E-state index contributed by atoms with van der Waals surface area (Å²) in [5.74, 6) is 0.869. The Bertz CT molecular complexity index is 630. The van der Waals surface area contributed by atoms with Crippen LogP contribution in [0.4, 0.5) is 5.69 Å². The van der Waals surface area contributed by atoms with E-state index in [0.29, 0.717) is 0 Å². The third-order valence-electron chi connectivity index (χ3n) is 6.30. The fourth-order valence-electron chi connectivity index (χ4n) is 5.14. The van der Waals surface area contributed by atoms with Crippen LogP contribution in [0.1, 0.15) is 50.5 Å². The van der Waals surface area contributed by atoms with Gasteiger partial charge in [0.05, 0.1) is 12.2 Å². The van der Waals surface area contributed by atoms with E-state index in [4.69, 9.17) is 0 Å². The molecule has 0 atom stereocenters. The Morgan fingerprint density at radius 2 is 1.70 bits per heavy atom. The zero-order valence-corrected chi connectivity index (χ0v) is 14.0. The van der Waals surface area contributed by atoms with Crippen molar-refractivity contribution in [2.45, 2.75) is 51.4 Å². The zero-order chi connectivity index (χ0) is 15.2. The molecule has 1 aromatic carbocycles. The highest BCUT2D eigenvalue weighted by Crippen LogP contribution is 2.43. The third kappa shape index (κ3) is 2.20. The van der Waals surface area contributed by atoms with Gasteiger partial charge >= 0.3 is 0 Å². The minimum atomic E-state index is 0.869. The van der Waals surface area contributed by atoms with E-state index in [1.165, 1.54) is 69.2 Å². The Labute approximate surface area is 139 Å². The standard InChI is InChI=1S/C20H27N3/c1-2-8-16(7-1)18-15-23(21-13-6-5-11-20(18)21)22-14-12-17-9-3-4-10-19(17)22/h3-4,9-10,16H,1-2,5-8,11-15H2. The van der Waals surface area contributed by atoms with Gasteiger partial charge in [-0.1, -0.05) is 31.0 Å². The Morgan fingerprint density at radius 3 is 2.61 bits per heavy atom. The average Bonchev–Trinajstić information content (AvgIpc) is 3.32. The van der Waals surface area contributed by atoms with Crippen LogP contribution in [0, 0.1) is 5.92 Å². The Balaban J connectivity index is 1.47. The molecule has 0 amide bonds. The number of hydrogen-bond acceptors (Lipinski definition) is 3. The molecule has 23 heavy (non-hydrogen) atoms. The van der Waals surface area contributed by atoms with Crippen LogP contribution in [0.25, 0.3) is 0 Å². The molecule has 1 aromatic rings. The van der Waals surface area contributed by atoms with Crippen LogP contribution in [0.5, 0.6) is 0 Å². The largest absolute Gasteiger partial charge is 0.292 e. The fraction of sp³-hybridized carbons (Fsp3) is 0.600. The number of fused-ring (bicyclic) bond motifs is 2. The number of anilines is 1. The van der Waals surface area contributed by atoms with Gasteiger partial charge in [0.15, 0.2) is 0 Å². The van der Waals surface area contributed by atoms with Crippen molar-refractivity contribution in [3.8, 4) is 0 Å². The molecule has 0 radical (unpaired) electrons. The first-order chi connectivity index (χ1) is 11.4. The number of nitrogens with zero attached hydrogens (tertiary/aromatic N) is 3. The molecule has 5 rings (SSSR count). The quantitative estimate of drug-likeness (QED) is 0.813. The van der Waals surface area contributed by atoms with E-state index in [1.54, 1.807) is 11.3 Å². The van der Waals surface area contributed by atoms with Gasteiger partial charge in [0.25, 0.3) is 0 Å². The van der Waals surface area contributed by atoms with Crippen molar-refractivity contribution >= 4 is 5.69 Å². The third-order valence-corrected chi connectivity index (χ3v) is 6.30. The molecule has 3 nitrogen and oxygen atoms in total. The summed E-state index contributed by atoms with van der Waals surface area (Å²) in [6.07, 6.45) is 10.9. The average molecular weight is 309 g/mol. The van der Waals surface area contributed by atoms with Crippen LogP contribution in [-0.2, 0) is 6.42 Å². The minimum absolute atomic E-state index is 0.869. The van der Waals surface area contributed by atoms with Gasteiger partial charge in [-0.05, 0) is 61.6 Å². The van der Waals surface area contributed by atoms with E-state index in [0.717, 1.165) is 19.0 Å². The van der Waals surface area contributed by atoms with Crippen molar-refractivity contribution in [3.63, 3.8) is 0 Å². The topological polar surface area (TPSA) is 9.72 Å². The second-order valence-corrected chi connectivity index (χ2v) is 7.57. The molecule has 122 valence electrons. The van der Waals surface area contributed by atoms with Crippen LogP contribution < -0.4 is 5.01 Å². The summed E-state index contributed by atoms with van der Waals surface area (Å²) in [5.41, 5.74) is 6.42. The number of benzene rings is 1. The molecule has 0 aromatic heterocycles. The van der Waals surface area contributed by atoms with Crippen molar-refractivity contribution in [3.05, 3.63) is 41.1 Å². The van der Waals surface area contributed by atoms with E-state index in [9.17, 15) is 0 Å². The van der Waals surface area contributed by atoms with Gasteiger partial charge in [-0.3, -0.25) is 10.0 Å². The van der Waals surface area contributed by atoms with Crippen molar-refractivity contribution in [2.24, 2.45) is 5.92 Å². The number of rotatable bonds is 2. The van der Waals surface area contributed by atoms with Gasteiger partial charge in [0, 0.05) is 18.8 Å². The number of para-hydroxylation sites is 1. The van der Waals surface area contributed by atoms with Gasteiger partial charge in [0.2, 0.25) is 0 Å². The first kappa shape index (κ1) is 13.9. The summed E-state index contributed by atoms with van der Waals surface area (Å²) in [7, 11) is 0. The summed E-state index contributed by atoms with van der Waals surface area (Å²) in [6.45, 7) is 3.50. The Hall–Kier alpha value is -1.48. The van der Waals surface area contributed by atoms with Crippen LogP contribution in [0.2, 0.25) is 0 Å². The van der Waals surface area contributed by atoms with Gasteiger partial charge in [-0.25, -0.2) is 0 Å². The Kier molecular flexibility index (Phi) is 3.36. The lowest BCUT2D eigenvalue weighted by Gasteiger charge is -2.41. The lowest BCUT2D eigenvalue weighted by Crippen LogP contribution is -2.50. The predicted molar refractivity (Wildman–Crippen MR) is 93.7 cm³/mol. The molecular weight excluding hydrogens is 282 g/mol. The van der Waals surface area contributed by atoms with Gasteiger partial charge in [-0.2, -0.15) is 0 Å². The van der Waals surface area contributed by atoms with Crippen LogP contribution in [0.3, 0.4) is 0 Å². The van der Waals surface area contributed by atoms with E-state index >= 15 is 0 Å². The highest BCUT2D eigenvalue weighted by atomic mass is 15.9. The molecule has 1 saturated heterocycles. The molecule has 3 heteroatoms. The van der Waals surface area contributed by atoms with Crippen LogP contribution in [-0.4, -0.2) is 29.8 Å². The van der Waals surface area contributed by atoms with Gasteiger partial charge < -0.3 is 0 Å². The molecule has 0 unspecified atom stereocenters. The molecule has 0 spiro atoms. The summed E-state index contributed by atoms with van der Waals surface area (Å²) in [4.78, 5) is 0. The molecule has 0 N–H and O–H groups in total. The van der Waals surface area contributed by atoms with E-state index in [1.807, 2.05) is 0 Å². The van der Waals surface area contributed by atoms with E-state index < -0.39 is 0 Å². The maximum atomic E-state index is 2.64. The second-order valence-electron chi connectivity index (χ2n) is 7.57. The first-order valence-electron chi connectivity index (χ1n) is 9.54. The van der Waals surface area contributed by atoms with Crippen molar-refractivity contribution in [2.75, 3.05) is 24.6 Å². The van der Waals surface area contributed by atoms with E-state index in [-0.39, 0.29) is 0 Å².